The molecular formula is C22H23BrClN3O3. The Kier molecular flexibility index (Phi) is 7.15. The number of hydrogen-bond acceptors (Lipinski definition) is 5. The molecule has 0 N–H and O–H groups in total. The number of hydrogen-bond donors (Lipinski definition) is 0. The minimum atomic E-state index is -0.223. The SMILES string of the molecule is CCCc1nc2ccc(Br)cc2c(=O)n1N=Cc1cc(Cl)c(OC(C)C)c(OC)c1. The van der Waals surface area contributed by atoms with Crippen molar-refractivity contribution in [2.24, 2.45) is 5.10 Å². The molecule has 1 aromatic heterocycles. The van der Waals surface area contributed by atoms with Gasteiger partial charge in [0.15, 0.2) is 11.5 Å². The number of ether oxygens (including phenoxy) is 2. The van der Waals surface area contributed by atoms with Gasteiger partial charge < -0.3 is 9.47 Å². The minimum absolute atomic E-state index is 0.0471. The summed E-state index contributed by atoms with van der Waals surface area (Å²) < 4.78 is 13.3. The zero-order chi connectivity index (χ0) is 21.8. The van der Waals surface area contributed by atoms with E-state index in [1.807, 2.05) is 32.9 Å². The van der Waals surface area contributed by atoms with Gasteiger partial charge in [0.2, 0.25) is 0 Å². The highest BCUT2D eigenvalue weighted by atomic mass is 79.9. The van der Waals surface area contributed by atoms with E-state index in [4.69, 9.17) is 21.1 Å². The summed E-state index contributed by atoms with van der Waals surface area (Å²) in [7, 11) is 1.55. The van der Waals surface area contributed by atoms with Gasteiger partial charge in [-0.1, -0.05) is 34.5 Å². The third-order valence-corrected chi connectivity index (χ3v) is 5.05. The molecule has 0 fully saturated rings. The molecule has 0 saturated carbocycles. The summed E-state index contributed by atoms with van der Waals surface area (Å²) in [4.78, 5) is 17.7. The number of rotatable bonds is 7. The summed E-state index contributed by atoms with van der Waals surface area (Å²) >= 11 is 9.80. The highest BCUT2D eigenvalue weighted by Gasteiger charge is 2.14. The predicted octanol–water partition coefficient (Wildman–Crippen LogP) is 5.44. The van der Waals surface area contributed by atoms with E-state index in [-0.39, 0.29) is 11.7 Å². The van der Waals surface area contributed by atoms with Crippen LogP contribution in [0.5, 0.6) is 11.5 Å². The summed E-state index contributed by atoms with van der Waals surface area (Å²) in [5.74, 6) is 1.58. The zero-order valence-electron chi connectivity index (χ0n) is 17.3. The summed E-state index contributed by atoms with van der Waals surface area (Å²) in [6.07, 6.45) is 2.99. The number of benzene rings is 2. The monoisotopic (exact) mass is 491 g/mol. The number of methoxy groups -OCH3 is 1. The van der Waals surface area contributed by atoms with E-state index in [0.29, 0.717) is 45.2 Å². The molecule has 0 atom stereocenters. The van der Waals surface area contributed by atoms with E-state index in [9.17, 15) is 4.79 Å². The molecule has 3 aromatic rings. The van der Waals surface area contributed by atoms with Gasteiger partial charge in [-0.2, -0.15) is 9.78 Å². The van der Waals surface area contributed by atoms with Gasteiger partial charge in [0.1, 0.15) is 5.82 Å². The molecule has 0 radical (unpaired) electrons. The van der Waals surface area contributed by atoms with E-state index in [1.165, 1.54) is 4.68 Å². The first kappa shape index (κ1) is 22.3. The molecule has 0 amide bonds. The molecule has 0 saturated heterocycles. The maximum atomic E-state index is 13.1. The summed E-state index contributed by atoms with van der Waals surface area (Å²) in [6.45, 7) is 5.86. The number of aryl methyl sites for hydroxylation is 1. The molecular weight excluding hydrogens is 470 g/mol. The molecule has 8 heteroatoms. The normalized spacial score (nSPS) is 11.6. The van der Waals surface area contributed by atoms with Crippen LogP contribution in [0.15, 0.2) is 44.7 Å². The molecule has 0 bridgehead atoms. The summed E-state index contributed by atoms with van der Waals surface area (Å²) in [5, 5.41) is 5.33. The maximum absolute atomic E-state index is 13.1. The number of nitrogens with zero attached hydrogens (tertiary/aromatic N) is 3. The minimum Gasteiger partial charge on any atom is -0.493 e. The second kappa shape index (κ2) is 9.62. The Labute approximate surface area is 188 Å². The Bertz CT molecular complexity index is 1160. The van der Waals surface area contributed by atoms with Crippen molar-refractivity contribution >= 4 is 44.6 Å². The lowest BCUT2D eigenvalue weighted by molar-refractivity contribution is 0.230. The Hall–Kier alpha value is -2.38. The van der Waals surface area contributed by atoms with Crippen LogP contribution >= 0.6 is 27.5 Å². The van der Waals surface area contributed by atoms with Gasteiger partial charge in [-0.3, -0.25) is 4.79 Å². The van der Waals surface area contributed by atoms with Gasteiger partial charge in [0.05, 0.1) is 35.4 Å². The van der Waals surface area contributed by atoms with E-state index < -0.39 is 0 Å². The molecule has 0 aliphatic carbocycles. The quantitative estimate of drug-likeness (QED) is 0.412. The standard InChI is InChI=1S/C22H23BrClN3O3/c1-5-6-20-26-18-8-7-15(23)11-16(18)22(28)27(20)25-12-14-9-17(24)21(30-13(2)3)19(10-14)29-4/h7-13H,5-6H2,1-4H3. The first-order valence-electron chi connectivity index (χ1n) is 9.63. The molecule has 0 aliphatic rings. The highest BCUT2D eigenvalue weighted by Crippen LogP contribution is 2.36. The Morgan fingerprint density at radius 1 is 1.30 bits per heavy atom. The third-order valence-electron chi connectivity index (χ3n) is 4.28. The lowest BCUT2D eigenvalue weighted by Crippen LogP contribution is -2.22. The van der Waals surface area contributed by atoms with Crippen molar-refractivity contribution in [3.8, 4) is 11.5 Å². The molecule has 0 aliphatic heterocycles. The average Bonchev–Trinajstić information content (AvgIpc) is 2.70. The van der Waals surface area contributed by atoms with Crippen molar-refractivity contribution in [3.05, 3.63) is 61.6 Å². The molecule has 30 heavy (non-hydrogen) atoms. The number of aromatic nitrogens is 2. The maximum Gasteiger partial charge on any atom is 0.282 e. The first-order valence-corrected chi connectivity index (χ1v) is 10.8. The van der Waals surface area contributed by atoms with Crippen LogP contribution in [0, 0.1) is 0 Å². The van der Waals surface area contributed by atoms with Crippen LogP contribution in [0.25, 0.3) is 10.9 Å². The molecule has 3 rings (SSSR count). The summed E-state index contributed by atoms with van der Waals surface area (Å²) in [5.41, 5.74) is 1.11. The largest absolute Gasteiger partial charge is 0.493 e. The molecule has 2 aromatic carbocycles. The number of halogens is 2. The fourth-order valence-electron chi connectivity index (χ4n) is 2.99. The predicted molar refractivity (Wildman–Crippen MR) is 124 cm³/mol. The van der Waals surface area contributed by atoms with Crippen LogP contribution in [0.2, 0.25) is 5.02 Å². The summed E-state index contributed by atoms with van der Waals surface area (Å²) in [6, 6.07) is 8.94. The molecule has 6 nitrogen and oxygen atoms in total. The van der Waals surface area contributed by atoms with Gasteiger partial charge in [-0.05, 0) is 56.2 Å². The van der Waals surface area contributed by atoms with E-state index in [0.717, 1.165) is 10.9 Å². The highest BCUT2D eigenvalue weighted by molar-refractivity contribution is 9.10. The van der Waals surface area contributed by atoms with Gasteiger partial charge in [-0.25, -0.2) is 4.98 Å². The second-order valence-corrected chi connectivity index (χ2v) is 8.32. The molecule has 1 heterocycles. The topological polar surface area (TPSA) is 65.7 Å². The Morgan fingerprint density at radius 3 is 2.73 bits per heavy atom. The fraction of sp³-hybridized carbons (Fsp3) is 0.318. The van der Waals surface area contributed by atoms with Gasteiger partial charge in [-0.15, -0.1) is 0 Å². The number of fused-ring (bicyclic) bond motifs is 1. The lowest BCUT2D eigenvalue weighted by atomic mass is 10.2. The van der Waals surface area contributed by atoms with Crippen LogP contribution < -0.4 is 15.0 Å². The van der Waals surface area contributed by atoms with Crippen LogP contribution in [0.1, 0.15) is 38.6 Å². The van der Waals surface area contributed by atoms with Gasteiger partial charge in [0.25, 0.3) is 5.56 Å². The smallest absolute Gasteiger partial charge is 0.282 e. The van der Waals surface area contributed by atoms with E-state index >= 15 is 0 Å². The Balaban J connectivity index is 2.09. The lowest BCUT2D eigenvalue weighted by Gasteiger charge is -2.15. The van der Waals surface area contributed by atoms with Crippen molar-refractivity contribution < 1.29 is 9.47 Å². The van der Waals surface area contributed by atoms with Gasteiger partial charge in [0, 0.05) is 10.9 Å². The molecule has 158 valence electrons. The van der Waals surface area contributed by atoms with Crippen molar-refractivity contribution in [3.63, 3.8) is 0 Å². The van der Waals surface area contributed by atoms with E-state index in [1.54, 1.807) is 31.5 Å². The molecule has 0 spiro atoms. The fourth-order valence-corrected chi connectivity index (χ4v) is 3.61. The van der Waals surface area contributed by atoms with Crippen molar-refractivity contribution in [1.29, 1.82) is 0 Å². The average molecular weight is 493 g/mol. The Morgan fingerprint density at radius 2 is 2.07 bits per heavy atom. The van der Waals surface area contributed by atoms with E-state index in [2.05, 4.69) is 26.0 Å². The van der Waals surface area contributed by atoms with Gasteiger partial charge >= 0.3 is 0 Å². The van der Waals surface area contributed by atoms with Crippen molar-refractivity contribution in [2.75, 3.05) is 7.11 Å². The third kappa shape index (κ3) is 4.84. The van der Waals surface area contributed by atoms with Crippen LogP contribution in [-0.4, -0.2) is 29.1 Å². The van der Waals surface area contributed by atoms with Crippen LogP contribution in [-0.2, 0) is 6.42 Å². The van der Waals surface area contributed by atoms with Crippen molar-refractivity contribution in [1.82, 2.24) is 9.66 Å². The van der Waals surface area contributed by atoms with Crippen molar-refractivity contribution in [2.45, 2.75) is 39.7 Å². The second-order valence-electron chi connectivity index (χ2n) is 7.00. The zero-order valence-corrected chi connectivity index (χ0v) is 19.6. The first-order chi connectivity index (χ1) is 14.3. The van der Waals surface area contributed by atoms with Crippen LogP contribution in [0.4, 0.5) is 0 Å². The van der Waals surface area contributed by atoms with Crippen LogP contribution in [0.3, 0.4) is 0 Å². The molecule has 0 unspecified atom stereocenters.